The van der Waals surface area contributed by atoms with Gasteiger partial charge in [0.15, 0.2) is 0 Å². The number of nitrogens with one attached hydrogen (secondary N) is 1. The zero-order valence-corrected chi connectivity index (χ0v) is 6.40. The van der Waals surface area contributed by atoms with Gasteiger partial charge in [0.05, 0.1) is 11.9 Å². The molecule has 0 saturated carbocycles. The van der Waals surface area contributed by atoms with Crippen molar-refractivity contribution in [3.63, 3.8) is 0 Å². The monoisotopic (exact) mass is 174 g/mol. The van der Waals surface area contributed by atoms with E-state index >= 15 is 0 Å². The van der Waals surface area contributed by atoms with E-state index in [1.807, 2.05) is 5.09 Å². The zero-order chi connectivity index (χ0) is 8.32. The van der Waals surface area contributed by atoms with Gasteiger partial charge in [0.2, 0.25) is 0 Å². The minimum Gasteiger partial charge on any atom is -0.308 e. The van der Waals surface area contributed by atoms with Gasteiger partial charge in [-0.25, -0.2) is 4.57 Å². The van der Waals surface area contributed by atoms with Gasteiger partial charge in [-0.1, -0.05) is 0 Å². The smallest absolute Gasteiger partial charge is 0.308 e. The third kappa shape index (κ3) is 3.13. The molecule has 0 radical (unpaired) electrons. The molecule has 6 heteroatoms. The fourth-order valence-corrected chi connectivity index (χ4v) is 1.07. The third-order valence-electron chi connectivity index (χ3n) is 0.936. The van der Waals surface area contributed by atoms with E-state index in [4.69, 9.17) is 9.79 Å². The lowest BCUT2D eigenvalue weighted by atomic mass is 10.4. The van der Waals surface area contributed by atoms with Crippen molar-refractivity contribution in [3.8, 4) is 0 Å². The first kappa shape index (κ1) is 8.20. The summed E-state index contributed by atoms with van der Waals surface area (Å²) in [5.41, 5.74) is 0.306. The summed E-state index contributed by atoms with van der Waals surface area (Å²) in [4.78, 5) is 20.5. The number of anilines is 1. The molecule has 1 heterocycles. The van der Waals surface area contributed by atoms with Crippen molar-refractivity contribution in [2.45, 2.75) is 0 Å². The SMILES string of the molecule is O=P(O)(O)Nc1cccnc1. The molecule has 1 aromatic heterocycles. The molecule has 0 spiro atoms. The molecule has 3 N–H and O–H groups in total. The van der Waals surface area contributed by atoms with Gasteiger partial charge in [0.25, 0.3) is 0 Å². The van der Waals surface area contributed by atoms with Gasteiger partial charge in [-0.05, 0) is 12.1 Å². The van der Waals surface area contributed by atoms with Crippen molar-refractivity contribution in [1.29, 1.82) is 0 Å². The average molecular weight is 174 g/mol. The van der Waals surface area contributed by atoms with Crippen LogP contribution in [0.2, 0.25) is 0 Å². The Bertz CT molecular complexity index is 270. The van der Waals surface area contributed by atoms with E-state index in [1.165, 1.54) is 18.5 Å². The lowest BCUT2D eigenvalue weighted by Gasteiger charge is -2.05. The lowest BCUT2D eigenvalue weighted by molar-refractivity contribution is 0.380. The normalized spacial score (nSPS) is 11.1. The van der Waals surface area contributed by atoms with Crippen LogP contribution in [0.5, 0.6) is 0 Å². The fourth-order valence-electron chi connectivity index (χ4n) is 0.597. The molecule has 11 heavy (non-hydrogen) atoms. The van der Waals surface area contributed by atoms with Crippen LogP contribution in [0.15, 0.2) is 24.5 Å². The molecule has 0 aliphatic carbocycles. The maximum atomic E-state index is 10.4. The quantitative estimate of drug-likeness (QED) is 0.571. The van der Waals surface area contributed by atoms with Crippen LogP contribution in [0, 0.1) is 0 Å². The first-order valence-corrected chi connectivity index (χ1v) is 4.43. The van der Waals surface area contributed by atoms with E-state index in [0.29, 0.717) is 5.69 Å². The van der Waals surface area contributed by atoms with Crippen LogP contribution in [0.3, 0.4) is 0 Å². The second kappa shape index (κ2) is 3.00. The van der Waals surface area contributed by atoms with Gasteiger partial charge in [-0.15, -0.1) is 0 Å². The van der Waals surface area contributed by atoms with Crippen LogP contribution >= 0.6 is 7.75 Å². The van der Waals surface area contributed by atoms with E-state index in [-0.39, 0.29) is 0 Å². The summed E-state index contributed by atoms with van der Waals surface area (Å²) in [5.74, 6) is 0. The van der Waals surface area contributed by atoms with Crippen LogP contribution in [0.25, 0.3) is 0 Å². The molecule has 0 atom stereocenters. The first-order valence-electron chi connectivity index (χ1n) is 2.82. The van der Waals surface area contributed by atoms with Gasteiger partial charge in [0, 0.05) is 6.20 Å². The van der Waals surface area contributed by atoms with Crippen LogP contribution in [-0.4, -0.2) is 14.8 Å². The highest BCUT2D eigenvalue weighted by molar-refractivity contribution is 7.53. The molecule has 60 valence electrons. The van der Waals surface area contributed by atoms with Crippen molar-refractivity contribution in [2.75, 3.05) is 5.09 Å². The minimum absolute atomic E-state index is 0.306. The van der Waals surface area contributed by atoms with Crippen molar-refractivity contribution in [2.24, 2.45) is 0 Å². The molecule has 0 fully saturated rings. The van der Waals surface area contributed by atoms with Gasteiger partial charge in [-0.3, -0.25) is 10.1 Å². The largest absolute Gasteiger partial charge is 0.427 e. The highest BCUT2D eigenvalue weighted by Crippen LogP contribution is 2.34. The van der Waals surface area contributed by atoms with Gasteiger partial charge in [0.1, 0.15) is 0 Å². The summed E-state index contributed by atoms with van der Waals surface area (Å²) >= 11 is 0. The van der Waals surface area contributed by atoms with Gasteiger partial charge < -0.3 is 9.79 Å². The van der Waals surface area contributed by atoms with E-state index in [1.54, 1.807) is 6.07 Å². The predicted octanol–water partition coefficient (Wildman–Crippen LogP) is 0.586. The Morgan fingerprint density at radius 3 is 2.73 bits per heavy atom. The Hall–Kier alpha value is -0.900. The van der Waals surface area contributed by atoms with Crippen molar-refractivity contribution in [3.05, 3.63) is 24.5 Å². The summed E-state index contributed by atoms with van der Waals surface area (Å²) in [6.45, 7) is 0. The Balaban J connectivity index is 2.74. The first-order chi connectivity index (χ1) is 5.08. The molecule has 5 nitrogen and oxygen atoms in total. The second-order valence-electron chi connectivity index (χ2n) is 1.90. The van der Waals surface area contributed by atoms with Crippen LogP contribution in [0.1, 0.15) is 0 Å². The number of pyridine rings is 1. The molecular formula is C5H7N2O3P. The molecule has 1 rings (SSSR count). The molecule has 0 amide bonds. The Labute approximate surface area is 63.3 Å². The summed E-state index contributed by atoms with van der Waals surface area (Å²) < 4.78 is 10.4. The van der Waals surface area contributed by atoms with E-state index in [9.17, 15) is 4.57 Å². The number of rotatable bonds is 2. The fraction of sp³-hybridized carbons (Fsp3) is 0. The zero-order valence-electron chi connectivity index (χ0n) is 5.51. The molecule has 0 bridgehead atoms. The maximum Gasteiger partial charge on any atom is 0.427 e. The number of aromatic nitrogens is 1. The summed E-state index contributed by atoms with van der Waals surface area (Å²) in [6, 6.07) is 3.10. The van der Waals surface area contributed by atoms with Crippen molar-refractivity contribution in [1.82, 2.24) is 4.98 Å². The van der Waals surface area contributed by atoms with Crippen LogP contribution in [0.4, 0.5) is 5.69 Å². The number of hydrogen-bond acceptors (Lipinski definition) is 2. The van der Waals surface area contributed by atoms with Crippen LogP contribution in [-0.2, 0) is 4.57 Å². The molecule has 0 aliphatic heterocycles. The topological polar surface area (TPSA) is 82.5 Å². The van der Waals surface area contributed by atoms with E-state index in [0.717, 1.165) is 0 Å². The summed E-state index contributed by atoms with van der Waals surface area (Å²) in [6.07, 6.45) is 2.85. The number of hydrogen-bond donors (Lipinski definition) is 3. The number of nitrogens with zero attached hydrogens (tertiary/aromatic N) is 1. The van der Waals surface area contributed by atoms with Crippen molar-refractivity contribution >= 4 is 13.4 Å². The average Bonchev–Trinajstić information content (AvgIpc) is 1.85. The minimum atomic E-state index is -4.18. The molecule has 0 unspecified atom stereocenters. The molecule has 0 aromatic carbocycles. The van der Waals surface area contributed by atoms with Crippen LogP contribution < -0.4 is 5.09 Å². The highest BCUT2D eigenvalue weighted by atomic mass is 31.2. The molecular weight excluding hydrogens is 167 g/mol. The van der Waals surface area contributed by atoms with E-state index in [2.05, 4.69) is 4.98 Å². The summed E-state index contributed by atoms with van der Waals surface area (Å²) in [5, 5.41) is 1.99. The van der Waals surface area contributed by atoms with Gasteiger partial charge >= 0.3 is 7.75 Å². The Morgan fingerprint density at radius 1 is 1.55 bits per heavy atom. The Kier molecular flexibility index (Phi) is 2.24. The second-order valence-corrected chi connectivity index (χ2v) is 3.21. The van der Waals surface area contributed by atoms with E-state index < -0.39 is 7.75 Å². The molecule has 0 saturated heterocycles. The molecule has 0 aliphatic rings. The maximum absolute atomic E-state index is 10.4. The lowest BCUT2D eigenvalue weighted by Crippen LogP contribution is -1.94. The summed E-state index contributed by atoms with van der Waals surface area (Å²) in [7, 11) is -4.18. The molecule has 1 aromatic rings. The highest BCUT2D eigenvalue weighted by Gasteiger charge is 2.11. The predicted molar refractivity (Wildman–Crippen MR) is 39.9 cm³/mol. The van der Waals surface area contributed by atoms with Crippen molar-refractivity contribution < 1.29 is 14.4 Å². The third-order valence-corrected chi connectivity index (χ3v) is 1.49. The van der Waals surface area contributed by atoms with Gasteiger partial charge in [-0.2, -0.15) is 0 Å². The standard InChI is InChI=1S/C5H7N2O3P/c8-11(9,10)7-5-2-1-3-6-4-5/h1-4H,(H3,7,8,9,10). The Morgan fingerprint density at radius 2 is 2.27 bits per heavy atom.